The summed E-state index contributed by atoms with van der Waals surface area (Å²) in [6, 6.07) is 2.17. The maximum atomic E-state index is 4.44. The highest BCUT2D eigenvalue weighted by atomic mass is 15.0. The summed E-state index contributed by atoms with van der Waals surface area (Å²) in [6.45, 7) is 5.06. The van der Waals surface area contributed by atoms with Crippen LogP contribution in [-0.4, -0.2) is 43.8 Å². The number of rotatable bonds is 4. The third-order valence-electron chi connectivity index (χ3n) is 2.58. The van der Waals surface area contributed by atoms with Gasteiger partial charge in [-0.3, -0.25) is 9.98 Å². The fraction of sp³-hybridized carbons (Fsp3) is 0.429. The van der Waals surface area contributed by atoms with Crippen molar-refractivity contribution in [2.45, 2.75) is 13.8 Å². The fourth-order valence-corrected chi connectivity index (χ4v) is 1.71. The van der Waals surface area contributed by atoms with Crippen LogP contribution in [-0.2, 0) is 0 Å². The van der Waals surface area contributed by atoms with Crippen molar-refractivity contribution in [3.63, 3.8) is 0 Å². The van der Waals surface area contributed by atoms with Crippen LogP contribution in [0.2, 0.25) is 0 Å². The molecule has 1 heterocycles. The zero-order chi connectivity index (χ0) is 12.8. The first-order chi connectivity index (χ1) is 8.08. The Balaban J connectivity index is 3.03. The maximum absolute atomic E-state index is 4.44. The quantitative estimate of drug-likeness (QED) is 0.744. The summed E-state index contributed by atoms with van der Waals surface area (Å²) in [6.07, 6.45) is 5.85. The lowest BCUT2D eigenvalue weighted by molar-refractivity contribution is 0.463. The van der Waals surface area contributed by atoms with Crippen LogP contribution in [0.3, 0.4) is 0 Å². The average molecular weight is 231 g/mol. The Morgan fingerprint density at radius 2 is 2.18 bits per heavy atom. The molecular weight excluding hydrogens is 210 g/mol. The summed E-state index contributed by atoms with van der Waals surface area (Å²) in [5, 5.41) is 0. The van der Waals surface area contributed by atoms with Gasteiger partial charge in [-0.25, -0.2) is 0 Å². The van der Waals surface area contributed by atoms with Crippen LogP contribution in [0, 0.1) is 6.92 Å². The molecule has 0 saturated heterocycles. The van der Waals surface area contributed by atoms with E-state index in [1.807, 2.05) is 6.20 Å². The minimum Gasteiger partial charge on any atom is -0.305 e. The molecule has 0 aliphatic carbocycles. The number of pyridine rings is 1. The predicted molar refractivity (Wildman–Crippen MR) is 74.7 cm³/mol. The van der Waals surface area contributed by atoms with Crippen molar-refractivity contribution < 1.29 is 0 Å². The normalized spacial score (nSPS) is 12.7. The maximum Gasteiger partial charge on any atom is 0.0837 e. The fourth-order valence-electron chi connectivity index (χ4n) is 1.71. The van der Waals surface area contributed by atoms with Gasteiger partial charge in [0, 0.05) is 26.0 Å². The van der Waals surface area contributed by atoms with Crippen molar-refractivity contribution in [2.24, 2.45) is 4.99 Å². The molecule has 0 N–H and O–H groups in total. The molecule has 0 radical (unpaired) electrons. The van der Waals surface area contributed by atoms with Crippen LogP contribution in [0.25, 0.3) is 5.57 Å². The Labute approximate surface area is 104 Å². The van der Waals surface area contributed by atoms with E-state index in [2.05, 4.69) is 55.0 Å². The molecule has 0 bridgehead atoms. The van der Waals surface area contributed by atoms with Crippen LogP contribution in [0.1, 0.15) is 23.7 Å². The molecule has 0 spiro atoms. The SMILES string of the molecule is C/C=C(\CN(C)C)c1cnc(/C=N\C)c(C)c1. The Kier molecular flexibility index (Phi) is 5.04. The van der Waals surface area contributed by atoms with E-state index >= 15 is 0 Å². The van der Waals surface area contributed by atoms with Gasteiger partial charge in [0.1, 0.15) is 0 Å². The topological polar surface area (TPSA) is 28.5 Å². The molecule has 92 valence electrons. The minimum absolute atomic E-state index is 0.929. The zero-order valence-electron chi connectivity index (χ0n) is 11.4. The molecule has 0 aromatic carbocycles. The Morgan fingerprint density at radius 3 is 2.65 bits per heavy atom. The summed E-state index contributed by atoms with van der Waals surface area (Å²) in [5.74, 6) is 0. The molecule has 1 aromatic heterocycles. The number of nitrogens with zero attached hydrogens (tertiary/aromatic N) is 3. The van der Waals surface area contributed by atoms with Gasteiger partial charge in [-0.2, -0.15) is 0 Å². The van der Waals surface area contributed by atoms with E-state index in [0.717, 1.165) is 17.8 Å². The van der Waals surface area contributed by atoms with Gasteiger partial charge in [0.25, 0.3) is 0 Å². The van der Waals surface area contributed by atoms with Gasteiger partial charge in [0.15, 0.2) is 0 Å². The van der Waals surface area contributed by atoms with Crippen LogP contribution < -0.4 is 0 Å². The Morgan fingerprint density at radius 1 is 1.47 bits per heavy atom. The average Bonchev–Trinajstić information content (AvgIpc) is 2.28. The minimum atomic E-state index is 0.929. The summed E-state index contributed by atoms with van der Waals surface area (Å²) >= 11 is 0. The second-order valence-corrected chi connectivity index (χ2v) is 4.37. The standard InChI is InChI=1S/C14H21N3/c1-6-12(10-17(4)5)13-7-11(2)14(9-15-3)16-8-13/h6-9H,10H2,1-5H3/b12-6+,15-9-. The van der Waals surface area contributed by atoms with E-state index in [-0.39, 0.29) is 0 Å². The molecule has 0 fully saturated rings. The van der Waals surface area contributed by atoms with Crippen LogP contribution in [0.4, 0.5) is 0 Å². The van der Waals surface area contributed by atoms with Gasteiger partial charge in [0.05, 0.1) is 5.69 Å². The lowest BCUT2D eigenvalue weighted by atomic mass is 10.0. The van der Waals surface area contributed by atoms with E-state index in [4.69, 9.17) is 0 Å². The highest BCUT2D eigenvalue weighted by molar-refractivity contribution is 5.80. The zero-order valence-corrected chi connectivity index (χ0v) is 11.4. The lowest BCUT2D eigenvalue weighted by Crippen LogP contribution is -2.14. The first-order valence-electron chi connectivity index (χ1n) is 5.77. The number of hydrogen-bond acceptors (Lipinski definition) is 3. The molecule has 0 saturated carbocycles. The second-order valence-electron chi connectivity index (χ2n) is 4.37. The molecule has 0 atom stereocenters. The summed E-state index contributed by atoms with van der Waals surface area (Å²) < 4.78 is 0. The van der Waals surface area contributed by atoms with E-state index in [1.54, 1.807) is 13.3 Å². The second kappa shape index (κ2) is 6.30. The van der Waals surface area contributed by atoms with Crippen molar-refractivity contribution in [3.05, 3.63) is 35.2 Å². The van der Waals surface area contributed by atoms with Gasteiger partial charge in [0.2, 0.25) is 0 Å². The van der Waals surface area contributed by atoms with Gasteiger partial charge in [-0.1, -0.05) is 6.08 Å². The number of aliphatic imine (C=N–C) groups is 1. The predicted octanol–water partition coefficient (Wildman–Crippen LogP) is 2.40. The number of likely N-dealkylation sites (N-methyl/N-ethyl adjacent to an activating group) is 1. The van der Waals surface area contributed by atoms with Crippen molar-refractivity contribution in [1.82, 2.24) is 9.88 Å². The molecule has 0 aliphatic heterocycles. The first kappa shape index (κ1) is 13.6. The molecule has 0 aliphatic rings. The van der Waals surface area contributed by atoms with Crippen molar-refractivity contribution in [1.29, 1.82) is 0 Å². The monoisotopic (exact) mass is 231 g/mol. The third kappa shape index (κ3) is 3.79. The van der Waals surface area contributed by atoms with E-state index in [0.29, 0.717) is 0 Å². The van der Waals surface area contributed by atoms with Crippen molar-refractivity contribution >= 4 is 11.8 Å². The lowest BCUT2D eigenvalue weighted by Gasteiger charge is -2.14. The molecule has 1 rings (SSSR count). The van der Waals surface area contributed by atoms with Crippen LogP contribution in [0.5, 0.6) is 0 Å². The number of hydrogen-bond donors (Lipinski definition) is 0. The van der Waals surface area contributed by atoms with Crippen LogP contribution in [0.15, 0.2) is 23.3 Å². The van der Waals surface area contributed by atoms with E-state index in [9.17, 15) is 0 Å². The molecule has 0 amide bonds. The van der Waals surface area contributed by atoms with Crippen molar-refractivity contribution in [3.8, 4) is 0 Å². The molecular formula is C14H21N3. The summed E-state index contributed by atoms with van der Waals surface area (Å²) in [7, 11) is 5.91. The summed E-state index contributed by atoms with van der Waals surface area (Å²) in [4.78, 5) is 10.6. The van der Waals surface area contributed by atoms with Gasteiger partial charge >= 0.3 is 0 Å². The highest BCUT2D eigenvalue weighted by Crippen LogP contribution is 2.16. The smallest absolute Gasteiger partial charge is 0.0837 e. The Hall–Kier alpha value is -1.48. The molecule has 1 aromatic rings. The Bertz CT molecular complexity index is 431. The molecule has 17 heavy (non-hydrogen) atoms. The molecule has 0 unspecified atom stereocenters. The number of aryl methyl sites for hydroxylation is 1. The third-order valence-corrected chi connectivity index (χ3v) is 2.58. The van der Waals surface area contributed by atoms with Crippen molar-refractivity contribution in [2.75, 3.05) is 27.7 Å². The van der Waals surface area contributed by atoms with Gasteiger partial charge < -0.3 is 4.90 Å². The number of allylic oxidation sites excluding steroid dienone is 1. The number of aromatic nitrogens is 1. The van der Waals surface area contributed by atoms with E-state index < -0.39 is 0 Å². The van der Waals surface area contributed by atoms with Gasteiger partial charge in [-0.05, 0) is 50.7 Å². The molecule has 3 nitrogen and oxygen atoms in total. The van der Waals surface area contributed by atoms with E-state index in [1.165, 1.54) is 11.1 Å². The molecule has 3 heteroatoms. The largest absolute Gasteiger partial charge is 0.305 e. The highest BCUT2D eigenvalue weighted by Gasteiger charge is 2.05. The van der Waals surface area contributed by atoms with Crippen LogP contribution >= 0.6 is 0 Å². The first-order valence-corrected chi connectivity index (χ1v) is 5.77. The summed E-state index contributed by atoms with van der Waals surface area (Å²) in [5.41, 5.74) is 4.58. The van der Waals surface area contributed by atoms with Gasteiger partial charge in [-0.15, -0.1) is 0 Å².